The predicted molar refractivity (Wildman–Crippen MR) is 99.4 cm³/mol. The molecule has 4 heteroatoms. The second-order valence-electron chi connectivity index (χ2n) is 7.95. The summed E-state index contributed by atoms with van der Waals surface area (Å²) in [5, 5.41) is 3.16. The Labute approximate surface area is 151 Å². The predicted octanol–water partition coefficient (Wildman–Crippen LogP) is 2.87. The van der Waals surface area contributed by atoms with Gasteiger partial charge < -0.3 is 10.2 Å². The Bertz CT molecular complexity index is 631. The fraction of sp³-hybridized carbons (Fsp3) is 0.619. The van der Waals surface area contributed by atoms with Crippen LogP contribution in [0.5, 0.6) is 0 Å². The van der Waals surface area contributed by atoms with Gasteiger partial charge in [-0.25, -0.2) is 0 Å². The van der Waals surface area contributed by atoms with E-state index >= 15 is 0 Å². The average molecular weight is 342 g/mol. The first-order chi connectivity index (χ1) is 12.0. The molecule has 1 aromatic carbocycles. The van der Waals surface area contributed by atoms with Crippen molar-refractivity contribution in [3.63, 3.8) is 0 Å². The van der Waals surface area contributed by atoms with Gasteiger partial charge in [-0.1, -0.05) is 32.0 Å². The standard InChI is InChI=1S/C21H30N2O2/c1-15(2)12-21(25)23-10-8-19(9-11-23)22-20(24)14-16-6-7-17-4-3-5-18(17)13-16/h6-7,13,15,19H,3-5,8-12,14H2,1-2H3,(H,22,24). The van der Waals surface area contributed by atoms with Crippen LogP contribution >= 0.6 is 0 Å². The summed E-state index contributed by atoms with van der Waals surface area (Å²) in [5.41, 5.74) is 3.98. The van der Waals surface area contributed by atoms with E-state index in [0.29, 0.717) is 18.8 Å². The number of rotatable bonds is 5. The van der Waals surface area contributed by atoms with Crippen LogP contribution in [0.25, 0.3) is 0 Å². The quantitative estimate of drug-likeness (QED) is 0.894. The van der Waals surface area contributed by atoms with Crippen molar-refractivity contribution in [1.29, 1.82) is 0 Å². The van der Waals surface area contributed by atoms with E-state index in [9.17, 15) is 9.59 Å². The zero-order valence-electron chi connectivity index (χ0n) is 15.5. The number of piperidine rings is 1. The number of hydrogen-bond donors (Lipinski definition) is 1. The molecule has 2 amide bonds. The number of carbonyl (C=O) groups excluding carboxylic acids is 2. The number of carbonyl (C=O) groups is 2. The second-order valence-corrected chi connectivity index (χ2v) is 7.95. The van der Waals surface area contributed by atoms with Gasteiger partial charge in [0.15, 0.2) is 0 Å². The maximum Gasteiger partial charge on any atom is 0.224 e. The maximum absolute atomic E-state index is 12.4. The Morgan fingerprint density at radius 1 is 1.16 bits per heavy atom. The normalized spacial score (nSPS) is 17.6. The molecule has 2 aliphatic rings. The van der Waals surface area contributed by atoms with Crippen molar-refractivity contribution < 1.29 is 9.59 Å². The van der Waals surface area contributed by atoms with Crippen molar-refractivity contribution >= 4 is 11.8 Å². The van der Waals surface area contributed by atoms with E-state index in [2.05, 4.69) is 37.4 Å². The van der Waals surface area contributed by atoms with Crippen molar-refractivity contribution in [3.05, 3.63) is 34.9 Å². The number of aryl methyl sites for hydroxylation is 2. The van der Waals surface area contributed by atoms with Crippen molar-refractivity contribution in [1.82, 2.24) is 10.2 Å². The second kappa shape index (κ2) is 8.03. The Balaban J connectivity index is 1.44. The minimum Gasteiger partial charge on any atom is -0.353 e. The summed E-state index contributed by atoms with van der Waals surface area (Å²) in [7, 11) is 0. The largest absolute Gasteiger partial charge is 0.353 e. The molecule has 0 unspecified atom stereocenters. The lowest BCUT2D eigenvalue weighted by atomic mass is 10.0. The fourth-order valence-corrected chi connectivity index (χ4v) is 3.95. The monoisotopic (exact) mass is 342 g/mol. The number of likely N-dealkylation sites (tertiary alicyclic amines) is 1. The topological polar surface area (TPSA) is 49.4 Å². The summed E-state index contributed by atoms with van der Waals surface area (Å²) in [4.78, 5) is 26.4. The third-order valence-corrected chi connectivity index (χ3v) is 5.32. The summed E-state index contributed by atoms with van der Waals surface area (Å²) < 4.78 is 0. The van der Waals surface area contributed by atoms with Gasteiger partial charge in [0.2, 0.25) is 11.8 Å². The summed E-state index contributed by atoms with van der Waals surface area (Å²) in [5.74, 6) is 0.750. The van der Waals surface area contributed by atoms with Gasteiger partial charge in [0.1, 0.15) is 0 Å². The van der Waals surface area contributed by atoms with E-state index in [1.165, 1.54) is 24.0 Å². The minimum atomic E-state index is 0.102. The van der Waals surface area contributed by atoms with E-state index in [4.69, 9.17) is 0 Å². The van der Waals surface area contributed by atoms with Crippen LogP contribution < -0.4 is 5.32 Å². The first-order valence-corrected chi connectivity index (χ1v) is 9.69. The summed E-state index contributed by atoms with van der Waals surface area (Å²) in [6.07, 6.45) is 6.36. The van der Waals surface area contributed by atoms with E-state index in [1.807, 2.05) is 4.90 Å². The van der Waals surface area contributed by atoms with Crippen LogP contribution in [0.4, 0.5) is 0 Å². The molecule has 1 aliphatic heterocycles. The van der Waals surface area contributed by atoms with Crippen LogP contribution in [-0.2, 0) is 28.9 Å². The van der Waals surface area contributed by atoms with Gasteiger partial charge in [0.05, 0.1) is 6.42 Å². The molecule has 1 aliphatic carbocycles. The minimum absolute atomic E-state index is 0.102. The van der Waals surface area contributed by atoms with Crippen molar-refractivity contribution in [2.24, 2.45) is 5.92 Å². The van der Waals surface area contributed by atoms with Gasteiger partial charge in [-0.2, -0.15) is 0 Å². The highest BCUT2D eigenvalue weighted by atomic mass is 16.2. The molecule has 0 saturated carbocycles. The van der Waals surface area contributed by atoms with Crippen LogP contribution in [0.2, 0.25) is 0 Å². The van der Waals surface area contributed by atoms with Gasteiger partial charge in [0.25, 0.3) is 0 Å². The number of amides is 2. The highest BCUT2D eigenvalue weighted by Crippen LogP contribution is 2.23. The van der Waals surface area contributed by atoms with E-state index in [0.717, 1.165) is 37.9 Å². The molecule has 3 rings (SSSR count). The molecule has 1 heterocycles. The molecule has 0 spiro atoms. The summed E-state index contributed by atoms with van der Waals surface area (Å²) in [6, 6.07) is 6.68. The molecular formula is C21H30N2O2. The SMILES string of the molecule is CC(C)CC(=O)N1CCC(NC(=O)Cc2ccc3c(c2)CCC3)CC1. The molecule has 0 radical (unpaired) electrons. The van der Waals surface area contributed by atoms with Crippen LogP contribution in [0.1, 0.15) is 56.2 Å². The first kappa shape index (κ1) is 18.0. The van der Waals surface area contributed by atoms with Crippen molar-refractivity contribution in [2.75, 3.05) is 13.1 Å². The van der Waals surface area contributed by atoms with Crippen LogP contribution in [-0.4, -0.2) is 35.8 Å². The third kappa shape index (κ3) is 4.83. The molecule has 0 bridgehead atoms. The van der Waals surface area contributed by atoms with E-state index < -0.39 is 0 Å². The Hall–Kier alpha value is -1.84. The Kier molecular flexibility index (Phi) is 5.77. The lowest BCUT2D eigenvalue weighted by Gasteiger charge is -2.33. The van der Waals surface area contributed by atoms with Gasteiger partial charge >= 0.3 is 0 Å². The molecule has 25 heavy (non-hydrogen) atoms. The van der Waals surface area contributed by atoms with Crippen molar-refractivity contribution in [2.45, 2.75) is 64.8 Å². The van der Waals surface area contributed by atoms with Gasteiger partial charge in [-0.3, -0.25) is 9.59 Å². The zero-order chi connectivity index (χ0) is 17.8. The van der Waals surface area contributed by atoms with Gasteiger partial charge in [-0.15, -0.1) is 0 Å². The maximum atomic E-state index is 12.4. The molecule has 1 fully saturated rings. The lowest BCUT2D eigenvalue weighted by Crippen LogP contribution is -2.47. The highest BCUT2D eigenvalue weighted by molar-refractivity contribution is 5.79. The Morgan fingerprint density at radius 3 is 2.60 bits per heavy atom. The molecular weight excluding hydrogens is 312 g/mol. The number of benzene rings is 1. The van der Waals surface area contributed by atoms with Crippen LogP contribution in [0, 0.1) is 5.92 Å². The number of nitrogens with one attached hydrogen (secondary N) is 1. The van der Waals surface area contributed by atoms with Crippen LogP contribution in [0.3, 0.4) is 0 Å². The smallest absolute Gasteiger partial charge is 0.224 e. The van der Waals surface area contributed by atoms with E-state index in [-0.39, 0.29) is 17.9 Å². The molecule has 1 N–H and O–H groups in total. The van der Waals surface area contributed by atoms with E-state index in [1.54, 1.807) is 0 Å². The van der Waals surface area contributed by atoms with Crippen molar-refractivity contribution in [3.8, 4) is 0 Å². The first-order valence-electron chi connectivity index (χ1n) is 9.69. The van der Waals surface area contributed by atoms with Gasteiger partial charge in [-0.05, 0) is 54.7 Å². The highest BCUT2D eigenvalue weighted by Gasteiger charge is 2.24. The van der Waals surface area contributed by atoms with Gasteiger partial charge in [0, 0.05) is 25.6 Å². The molecule has 1 aromatic rings. The molecule has 4 nitrogen and oxygen atoms in total. The zero-order valence-corrected chi connectivity index (χ0v) is 15.5. The molecule has 0 atom stereocenters. The number of hydrogen-bond acceptors (Lipinski definition) is 2. The molecule has 0 aromatic heterocycles. The average Bonchev–Trinajstić information content (AvgIpc) is 3.02. The summed E-state index contributed by atoms with van der Waals surface area (Å²) in [6.45, 7) is 5.67. The van der Waals surface area contributed by atoms with Crippen LogP contribution in [0.15, 0.2) is 18.2 Å². The Morgan fingerprint density at radius 2 is 1.88 bits per heavy atom. The third-order valence-electron chi connectivity index (χ3n) is 5.32. The summed E-state index contributed by atoms with van der Waals surface area (Å²) >= 11 is 0. The number of fused-ring (bicyclic) bond motifs is 1. The number of nitrogens with zero attached hydrogens (tertiary/aromatic N) is 1. The molecule has 1 saturated heterocycles. The molecule has 136 valence electrons. The lowest BCUT2D eigenvalue weighted by molar-refractivity contribution is -0.133. The fourth-order valence-electron chi connectivity index (χ4n) is 3.95.